The van der Waals surface area contributed by atoms with Gasteiger partial charge in [0.05, 0.1) is 34.4 Å². The zero-order valence-corrected chi connectivity index (χ0v) is 20.7. The predicted octanol–water partition coefficient (Wildman–Crippen LogP) is 4.43. The van der Waals surface area contributed by atoms with E-state index in [2.05, 4.69) is 12.1 Å². The Morgan fingerprint density at radius 2 is 1.97 bits per heavy atom. The molecule has 0 N–H and O–H groups in total. The van der Waals surface area contributed by atoms with Gasteiger partial charge in [-0.15, -0.1) is 0 Å². The minimum atomic E-state index is -3.06. The van der Waals surface area contributed by atoms with E-state index in [-0.39, 0.29) is 23.5 Å². The molecule has 0 unspecified atom stereocenters. The van der Waals surface area contributed by atoms with Crippen molar-refractivity contribution in [3.8, 4) is 16.9 Å². The molecule has 1 aliphatic heterocycles. The topological polar surface area (TPSA) is 76.6 Å². The number of pyridine rings is 1. The number of benzene rings is 2. The SMILES string of the molecule is CCN(C(=O)[C@H](C)Sc1cc(-c2ccccc2)c2ccc(OC)cc2n1)[C@@H]1CCS(=O)(=O)C1. The molecule has 1 amide bonds. The van der Waals surface area contributed by atoms with Crippen LogP contribution in [0.3, 0.4) is 0 Å². The van der Waals surface area contributed by atoms with E-state index in [0.717, 1.165) is 32.8 Å². The highest BCUT2D eigenvalue weighted by molar-refractivity contribution is 8.00. The normalized spacial score (nSPS) is 18.2. The predicted molar refractivity (Wildman–Crippen MR) is 133 cm³/mol. The van der Waals surface area contributed by atoms with Gasteiger partial charge in [-0.05, 0) is 49.6 Å². The Hall–Kier alpha value is -2.58. The first-order valence-electron chi connectivity index (χ1n) is 11.0. The molecular formula is C25H28N2O4S2. The molecule has 2 heterocycles. The molecule has 2 aromatic carbocycles. The zero-order valence-electron chi connectivity index (χ0n) is 19.0. The number of thioether (sulfide) groups is 1. The van der Waals surface area contributed by atoms with Crippen molar-refractivity contribution in [2.45, 2.75) is 36.6 Å². The highest BCUT2D eigenvalue weighted by atomic mass is 32.2. The molecule has 6 nitrogen and oxygen atoms in total. The van der Waals surface area contributed by atoms with Crippen LogP contribution >= 0.6 is 11.8 Å². The summed E-state index contributed by atoms with van der Waals surface area (Å²) in [7, 11) is -1.43. The van der Waals surface area contributed by atoms with E-state index in [1.165, 1.54) is 11.8 Å². The summed E-state index contributed by atoms with van der Waals surface area (Å²) in [5.41, 5.74) is 2.91. The molecule has 174 valence electrons. The lowest BCUT2D eigenvalue weighted by molar-refractivity contribution is -0.131. The van der Waals surface area contributed by atoms with Crippen LogP contribution in [0.2, 0.25) is 0 Å². The van der Waals surface area contributed by atoms with Gasteiger partial charge in [-0.1, -0.05) is 42.1 Å². The second-order valence-corrected chi connectivity index (χ2v) is 11.8. The van der Waals surface area contributed by atoms with E-state index >= 15 is 0 Å². The minimum Gasteiger partial charge on any atom is -0.497 e. The number of nitrogens with zero attached hydrogens (tertiary/aromatic N) is 2. The van der Waals surface area contributed by atoms with Gasteiger partial charge >= 0.3 is 0 Å². The van der Waals surface area contributed by atoms with Crippen LogP contribution in [0, 0.1) is 0 Å². The number of rotatable bonds is 7. The standard InChI is InChI=1S/C25H28N2O4S2/c1-4-27(19-12-13-33(29,30)16-19)25(28)17(2)32-24-15-22(18-8-6-5-7-9-18)21-11-10-20(31-3)14-23(21)26-24/h5-11,14-15,17,19H,4,12-13,16H2,1-3H3/t17-,19+/m0/s1. The first kappa shape index (κ1) is 23.6. The highest BCUT2D eigenvalue weighted by Gasteiger charge is 2.35. The third kappa shape index (κ3) is 5.17. The number of aromatic nitrogens is 1. The molecular weight excluding hydrogens is 456 g/mol. The Labute approximate surface area is 199 Å². The van der Waals surface area contributed by atoms with E-state index in [1.807, 2.05) is 56.3 Å². The van der Waals surface area contributed by atoms with Crippen LogP contribution < -0.4 is 4.74 Å². The van der Waals surface area contributed by atoms with Crippen molar-refractivity contribution in [2.75, 3.05) is 25.2 Å². The molecule has 4 rings (SSSR count). The summed E-state index contributed by atoms with van der Waals surface area (Å²) in [6.45, 7) is 4.24. The summed E-state index contributed by atoms with van der Waals surface area (Å²) in [4.78, 5) is 19.8. The number of methoxy groups -OCH3 is 1. The smallest absolute Gasteiger partial charge is 0.236 e. The molecule has 0 spiro atoms. The van der Waals surface area contributed by atoms with Gasteiger partial charge in [0, 0.05) is 24.0 Å². The maximum atomic E-state index is 13.3. The molecule has 1 aliphatic rings. The Morgan fingerprint density at radius 3 is 2.61 bits per heavy atom. The summed E-state index contributed by atoms with van der Waals surface area (Å²) >= 11 is 1.40. The van der Waals surface area contributed by atoms with E-state index in [9.17, 15) is 13.2 Å². The number of hydrogen-bond acceptors (Lipinski definition) is 6. The van der Waals surface area contributed by atoms with Crippen molar-refractivity contribution in [3.63, 3.8) is 0 Å². The van der Waals surface area contributed by atoms with Crippen molar-refractivity contribution in [2.24, 2.45) is 0 Å². The quantitative estimate of drug-likeness (QED) is 0.462. The van der Waals surface area contributed by atoms with Crippen LogP contribution in [-0.2, 0) is 14.6 Å². The molecule has 0 bridgehead atoms. The minimum absolute atomic E-state index is 0.0517. The van der Waals surface area contributed by atoms with Crippen molar-refractivity contribution < 1.29 is 17.9 Å². The number of sulfone groups is 1. The van der Waals surface area contributed by atoms with Crippen LogP contribution in [0.15, 0.2) is 59.6 Å². The summed E-state index contributed by atoms with van der Waals surface area (Å²) in [6, 6.07) is 17.7. The van der Waals surface area contributed by atoms with Gasteiger partial charge in [0.2, 0.25) is 5.91 Å². The number of amides is 1. The number of hydrogen-bond donors (Lipinski definition) is 0. The molecule has 1 saturated heterocycles. The lowest BCUT2D eigenvalue weighted by Crippen LogP contribution is -2.44. The maximum Gasteiger partial charge on any atom is 0.236 e. The second kappa shape index (κ2) is 9.73. The maximum absolute atomic E-state index is 13.3. The van der Waals surface area contributed by atoms with Gasteiger partial charge in [0.25, 0.3) is 0 Å². The van der Waals surface area contributed by atoms with Crippen LogP contribution in [0.1, 0.15) is 20.3 Å². The molecule has 3 aromatic rings. The van der Waals surface area contributed by atoms with Crippen LogP contribution in [0.4, 0.5) is 0 Å². The first-order chi connectivity index (χ1) is 15.8. The van der Waals surface area contributed by atoms with E-state index in [0.29, 0.717) is 13.0 Å². The van der Waals surface area contributed by atoms with Gasteiger partial charge in [0.15, 0.2) is 9.84 Å². The monoisotopic (exact) mass is 484 g/mol. The fourth-order valence-corrected chi connectivity index (χ4v) is 6.97. The van der Waals surface area contributed by atoms with Gasteiger partial charge < -0.3 is 9.64 Å². The van der Waals surface area contributed by atoms with Crippen LogP contribution in [0.25, 0.3) is 22.0 Å². The van der Waals surface area contributed by atoms with Gasteiger partial charge in [-0.25, -0.2) is 13.4 Å². The Balaban J connectivity index is 1.65. The van der Waals surface area contributed by atoms with Crippen molar-refractivity contribution >= 4 is 38.4 Å². The number of carbonyl (C=O) groups excluding carboxylic acids is 1. The number of fused-ring (bicyclic) bond motifs is 1. The average Bonchev–Trinajstić information content (AvgIpc) is 3.18. The third-order valence-corrected chi connectivity index (χ3v) is 8.75. The summed E-state index contributed by atoms with van der Waals surface area (Å²) < 4.78 is 29.3. The first-order valence-corrected chi connectivity index (χ1v) is 13.7. The number of carbonyl (C=O) groups is 1. The molecule has 1 aromatic heterocycles. The summed E-state index contributed by atoms with van der Waals surface area (Å²) in [6.07, 6.45) is 0.505. The molecule has 8 heteroatoms. The molecule has 33 heavy (non-hydrogen) atoms. The molecule has 0 aliphatic carbocycles. The lowest BCUT2D eigenvalue weighted by atomic mass is 10.0. The van der Waals surface area contributed by atoms with E-state index in [1.54, 1.807) is 12.0 Å². The van der Waals surface area contributed by atoms with E-state index in [4.69, 9.17) is 9.72 Å². The average molecular weight is 485 g/mol. The molecule has 1 fully saturated rings. The lowest BCUT2D eigenvalue weighted by Gasteiger charge is -2.29. The van der Waals surface area contributed by atoms with Crippen LogP contribution in [0.5, 0.6) is 5.75 Å². The highest BCUT2D eigenvalue weighted by Crippen LogP contribution is 2.35. The molecule has 2 atom stereocenters. The van der Waals surface area contributed by atoms with Crippen LogP contribution in [-0.4, -0.2) is 60.7 Å². The van der Waals surface area contributed by atoms with Crippen molar-refractivity contribution in [3.05, 3.63) is 54.6 Å². The largest absolute Gasteiger partial charge is 0.497 e. The van der Waals surface area contributed by atoms with Gasteiger partial charge in [0.1, 0.15) is 5.75 Å². The second-order valence-electron chi connectivity index (χ2n) is 8.20. The zero-order chi connectivity index (χ0) is 23.6. The fourth-order valence-electron chi connectivity index (χ4n) is 4.31. The summed E-state index contributed by atoms with van der Waals surface area (Å²) in [5, 5.41) is 1.36. The Bertz CT molecular complexity index is 1260. The fraction of sp³-hybridized carbons (Fsp3) is 0.360. The van der Waals surface area contributed by atoms with Crippen molar-refractivity contribution in [1.82, 2.24) is 9.88 Å². The van der Waals surface area contributed by atoms with Crippen molar-refractivity contribution in [1.29, 1.82) is 0 Å². The van der Waals surface area contributed by atoms with Gasteiger partial charge in [-0.2, -0.15) is 0 Å². The number of ether oxygens (including phenoxy) is 1. The molecule has 0 saturated carbocycles. The Morgan fingerprint density at radius 1 is 1.21 bits per heavy atom. The van der Waals surface area contributed by atoms with Gasteiger partial charge in [-0.3, -0.25) is 4.79 Å². The third-order valence-electron chi connectivity index (χ3n) is 6.00. The summed E-state index contributed by atoms with van der Waals surface area (Å²) in [5.74, 6) is 0.867. The Kier molecular flexibility index (Phi) is 6.95. The molecule has 0 radical (unpaired) electrons. The van der Waals surface area contributed by atoms with E-state index < -0.39 is 15.1 Å².